The van der Waals surface area contributed by atoms with E-state index in [1.54, 1.807) is 20.0 Å². The Morgan fingerprint density at radius 2 is 2.04 bits per heavy atom. The van der Waals surface area contributed by atoms with Gasteiger partial charge in [-0.2, -0.15) is 0 Å². The minimum absolute atomic E-state index is 0.00105. The SMILES string of the molecule is Cc1cccnc1C[C@H](C)NC(=O)c1cccc(CCC(C)(C)O)c1. The molecule has 25 heavy (non-hydrogen) atoms. The highest BCUT2D eigenvalue weighted by atomic mass is 16.3. The Balaban J connectivity index is 1.97. The summed E-state index contributed by atoms with van der Waals surface area (Å²) in [6.45, 7) is 7.61. The molecule has 1 amide bonds. The summed E-state index contributed by atoms with van der Waals surface area (Å²) in [6.07, 6.45) is 3.89. The van der Waals surface area contributed by atoms with Crippen molar-refractivity contribution in [1.29, 1.82) is 0 Å². The van der Waals surface area contributed by atoms with Crippen LogP contribution in [0.1, 0.15) is 54.4 Å². The summed E-state index contributed by atoms with van der Waals surface area (Å²) < 4.78 is 0. The van der Waals surface area contributed by atoms with Crippen LogP contribution >= 0.6 is 0 Å². The summed E-state index contributed by atoms with van der Waals surface area (Å²) >= 11 is 0. The molecule has 4 nitrogen and oxygen atoms in total. The average Bonchev–Trinajstić information content (AvgIpc) is 2.55. The Kier molecular flexibility index (Phi) is 6.32. The third kappa shape index (κ3) is 6.31. The molecule has 2 aromatic rings. The maximum absolute atomic E-state index is 12.5. The Morgan fingerprint density at radius 3 is 2.72 bits per heavy atom. The Morgan fingerprint density at radius 1 is 1.28 bits per heavy atom. The van der Waals surface area contributed by atoms with E-state index in [0.29, 0.717) is 18.4 Å². The van der Waals surface area contributed by atoms with Gasteiger partial charge in [-0.05, 0) is 69.9 Å². The van der Waals surface area contributed by atoms with Crippen LogP contribution in [0.2, 0.25) is 0 Å². The number of aromatic nitrogens is 1. The van der Waals surface area contributed by atoms with Crippen molar-refractivity contribution in [2.24, 2.45) is 0 Å². The number of hydrogen-bond donors (Lipinski definition) is 2. The minimum Gasteiger partial charge on any atom is -0.390 e. The molecule has 134 valence electrons. The van der Waals surface area contributed by atoms with Gasteiger partial charge < -0.3 is 10.4 Å². The fourth-order valence-corrected chi connectivity index (χ4v) is 2.70. The molecule has 0 saturated carbocycles. The van der Waals surface area contributed by atoms with Crippen LogP contribution in [0.3, 0.4) is 0 Å². The number of pyridine rings is 1. The van der Waals surface area contributed by atoms with Crippen molar-refractivity contribution in [3.05, 3.63) is 65.0 Å². The molecular weight excluding hydrogens is 312 g/mol. The second-order valence-corrected chi connectivity index (χ2v) is 7.36. The van der Waals surface area contributed by atoms with E-state index in [9.17, 15) is 9.90 Å². The second-order valence-electron chi connectivity index (χ2n) is 7.36. The van der Waals surface area contributed by atoms with E-state index in [1.165, 1.54) is 0 Å². The summed E-state index contributed by atoms with van der Waals surface area (Å²) in [6, 6.07) is 11.6. The van der Waals surface area contributed by atoms with Crippen LogP contribution in [0.25, 0.3) is 0 Å². The van der Waals surface area contributed by atoms with Gasteiger partial charge in [0.1, 0.15) is 0 Å². The largest absolute Gasteiger partial charge is 0.390 e. The zero-order valence-electron chi connectivity index (χ0n) is 15.5. The van der Waals surface area contributed by atoms with Gasteiger partial charge in [0.2, 0.25) is 0 Å². The van der Waals surface area contributed by atoms with Gasteiger partial charge in [-0.15, -0.1) is 0 Å². The molecule has 0 saturated heterocycles. The van der Waals surface area contributed by atoms with Crippen LogP contribution in [-0.2, 0) is 12.8 Å². The van der Waals surface area contributed by atoms with Gasteiger partial charge in [-0.1, -0.05) is 18.2 Å². The predicted octanol–water partition coefficient (Wildman–Crippen LogP) is 3.45. The Labute approximate surface area is 150 Å². The van der Waals surface area contributed by atoms with Crippen molar-refractivity contribution in [3.63, 3.8) is 0 Å². The number of rotatable bonds is 7. The average molecular weight is 340 g/mol. The number of amides is 1. The molecule has 0 aliphatic rings. The molecule has 2 rings (SSSR count). The fourth-order valence-electron chi connectivity index (χ4n) is 2.70. The van der Waals surface area contributed by atoms with Crippen LogP contribution < -0.4 is 5.32 Å². The molecular formula is C21H28N2O2. The first-order chi connectivity index (χ1) is 11.7. The molecule has 0 bridgehead atoms. The van der Waals surface area contributed by atoms with Crippen molar-refractivity contribution in [2.45, 2.75) is 58.6 Å². The van der Waals surface area contributed by atoms with Crippen molar-refractivity contribution in [3.8, 4) is 0 Å². The lowest BCUT2D eigenvalue weighted by atomic mass is 9.97. The van der Waals surface area contributed by atoms with E-state index in [-0.39, 0.29) is 11.9 Å². The zero-order chi connectivity index (χ0) is 18.4. The first-order valence-electron chi connectivity index (χ1n) is 8.77. The summed E-state index contributed by atoms with van der Waals surface area (Å²) in [5.74, 6) is -0.0776. The molecule has 1 aromatic heterocycles. The smallest absolute Gasteiger partial charge is 0.251 e. The van der Waals surface area contributed by atoms with Crippen LogP contribution in [-0.4, -0.2) is 27.6 Å². The molecule has 0 aliphatic carbocycles. The van der Waals surface area contributed by atoms with Gasteiger partial charge in [0.25, 0.3) is 5.91 Å². The highest BCUT2D eigenvalue weighted by Crippen LogP contribution is 2.15. The number of nitrogens with one attached hydrogen (secondary N) is 1. The highest BCUT2D eigenvalue weighted by Gasteiger charge is 2.14. The van der Waals surface area contributed by atoms with E-state index >= 15 is 0 Å². The predicted molar refractivity (Wildman–Crippen MR) is 101 cm³/mol. The van der Waals surface area contributed by atoms with Crippen molar-refractivity contribution in [2.75, 3.05) is 0 Å². The van der Waals surface area contributed by atoms with E-state index in [2.05, 4.69) is 10.3 Å². The summed E-state index contributed by atoms with van der Waals surface area (Å²) in [4.78, 5) is 16.9. The molecule has 0 unspecified atom stereocenters. The maximum Gasteiger partial charge on any atom is 0.251 e. The van der Waals surface area contributed by atoms with Crippen molar-refractivity contribution in [1.82, 2.24) is 10.3 Å². The van der Waals surface area contributed by atoms with E-state index in [0.717, 1.165) is 23.2 Å². The Hall–Kier alpha value is -2.20. The van der Waals surface area contributed by atoms with E-state index in [1.807, 2.05) is 50.2 Å². The standard InChI is InChI=1S/C21H28N2O2/c1-15-7-6-12-22-19(15)13-16(2)23-20(24)18-9-5-8-17(14-18)10-11-21(3,4)25/h5-9,12,14,16,25H,10-11,13H2,1-4H3,(H,23,24)/t16-/m0/s1. The molecule has 1 heterocycles. The number of aliphatic hydroxyl groups is 1. The number of aryl methyl sites for hydroxylation is 2. The molecule has 0 aliphatic heterocycles. The summed E-state index contributed by atoms with van der Waals surface area (Å²) in [7, 11) is 0. The molecule has 4 heteroatoms. The number of nitrogens with zero attached hydrogens (tertiary/aromatic N) is 1. The molecule has 1 atom stereocenters. The lowest BCUT2D eigenvalue weighted by Gasteiger charge is -2.17. The maximum atomic E-state index is 12.5. The number of carbonyl (C=O) groups is 1. The first-order valence-corrected chi connectivity index (χ1v) is 8.77. The third-order valence-corrected chi connectivity index (χ3v) is 4.21. The van der Waals surface area contributed by atoms with Gasteiger partial charge in [-0.3, -0.25) is 9.78 Å². The first kappa shape index (κ1) is 19.1. The van der Waals surface area contributed by atoms with Gasteiger partial charge in [0, 0.05) is 29.9 Å². The lowest BCUT2D eigenvalue weighted by molar-refractivity contribution is 0.0714. The van der Waals surface area contributed by atoms with Crippen molar-refractivity contribution >= 4 is 5.91 Å². The second kappa shape index (κ2) is 8.26. The van der Waals surface area contributed by atoms with E-state index in [4.69, 9.17) is 0 Å². The van der Waals surface area contributed by atoms with Crippen molar-refractivity contribution < 1.29 is 9.90 Å². The topological polar surface area (TPSA) is 62.2 Å². The monoisotopic (exact) mass is 340 g/mol. The van der Waals surface area contributed by atoms with E-state index < -0.39 is 5.60 Å². The van der Waals surface area contributed by atoms with Gasteiger partial charge in [0.05, 0.1) is 5.60 Å². The summed E-state index contributed by atoms with van der Waals surface area (Å²) in [5.41, 5.74) is 3.15. The van der Waals surface area contributed by atoms with Gasteiger partial charge in [-0.25, -0.2) is 0 Å². The quantitative estimate of drug-likeness (QED) is 0.811. The third-order valence-electron chi connectivity index (χ3n) is 4.21. The minimum atomic E-state index is -0.701. The number of benzene rings is 1. The fraction of sp³-hybridized carbons (Fsp3) is 0.429. The molecule has 2 N–H and O–H groups in total. The lowest BCUT2D eigenvalue weighted by Crippen LogP contribution is -2.34. The number of hydrogen-bond acceptors (Lipinski definition) is 3. The summed E-state index contributed by atoms with van der Waals surface area (Å²) in [5, 5.41) is 12.9. The van der Waals surface area contributed by atoms with Crippen LogP contribution in [0.4, 0.5) is 0 Å². The highest BCUT2D eigenvalue weighted by molar-refractivity contribution is 5.94. The van der Waals surface area contributed by atoms with Crippen LogP contribution in [0.15, 0.2) is 42.6 Å². The van der Waals surface area contributed by atoms with Gasteiger partial charge >= 0.3 is 0 Å². The normalized spacial score (nSPS) is 12.7. The van der Waals surface area contributed by atoms with Crippen LogP contribution in [0.5, 0.6) is 0 Å². The molecule has 1 aromatic carbocycles. The number of carbonyl (C=O) groups excluding carboxylic acids is 1. The molecule has 0 fully saturated rings. The van der Waals surface area contributed by atoms with Crippen LogP contribution in [0, 0.1) is 6.92 Å². The molecule has 0 radical (unpaired) electrons. The zero-order valence-corrected chi connectivity index (χ0v) is 15.5. The van der Waals surface area contributed by atoms with Gasteiger partial charge in [0.15, 0.2) is 0 Å². The molecule has 0 spiro atoms. The Bertz CT molecular complexity index is 720.